The molecule has 30 heavy (non-hydrogen) atoms. The van der Waals surface area contributed by atoms with Gasteiger partial charge >= 0.3 is 16.1 Å². The van der Waals surface area contributed by atoms with Crippen molar-refractivity contribution in [3.63, 3.8) is 0 Å². The van der Waals surface area contributed by atoms with E-state index in [-0.39, 0.29) is 35.1 Å². The molecule has 162 valence electrons. The van der Waals surface area contributed by atoms with Crippen molar-refractivity contribution < 1.29 is 35.3 Å². The Morgan fingerprint density at radius 1 is 0.933 bits per heavy atom. The minimum atomic E-state index is -4.16. The van der Waals surface area contributed by atoms with Crippen molar-refractivity contribution in [3.05, 3.63) is 54.1 Å². The van der Waals surface area contributed by atoms with Gasteiger partial charge in [-0.2, -0.15) is 12.7 Å². The van der Waals surface area contributed by atoms with Gasteiger partial charge in [0.1, 0.15) is 10.6 Å². The Kier molecular flexibility index (Phi) is 6.76. The number of hydrogen-bond acceptors (Lipinski definition) is 8. The van der Waals surface area contributed by atoms with Crippen LogP contribution in [0.5, 0.6) is 5.75 Å². The first-order chi connectivity index (χ1) is 14.2. The fraction of sp³-hybridized carbons (Fsp3) is 0.316. The molecule has 0 bridgehead atoms. The molecule has 1 aliphatic heterocycles. The van der Waals surface area contributed by atoms with Crippen LogP contribution in [0.15, 0.2) is 58.3 Å². The molecule has 1 saturated heterocycles. The number of esters is 1. The average Bonchev–Trinajstić information content (AvgIpc) is 2.75. The summed E-state index contributed by atoms with van der Waals surface area (Å²) in [5.74, 6) is -0.350. The number of morpholine rings is 1. The number of carbonyl (C=O) groups excluding carboxylic acids is 1. The van der Waals surface area contributed by atoms with Gasteiger partial charge in [-0.25, -0.2) is 8.42 Å². The van der Waals surface area contributed by atoms with E-state index in [4.69, 9.17) is 8.92 Å². The number of sulfonamides is 1. The highest BCUT2D eigenvalue weighted by Gasteiger charge is 2.27. The number of rotatable bonds is 7. The van der Waals surface area contributed by atoms with E-state index in [0.717, 1.165) is 0 Å². The molecule has 0 aliphatic carbocycles. The molecule has 2 aromatic rings. The van der Waals surface area contributed by atoms with Crippen molar-refractivity contribution in [1.29, 1.82) is 0 Å². The Balaban J connectivity index is 1.72. The maximum Gasteiger partial charge on any atom is 0.339 e. The Morgan fingerprint density at radius 2 is 1.50 bits per heavy atom. The lowest BCUT2D eigenvalue weighted by atomic mass is 10.1. The van der Waals surface area contributed by atoms with Crippen LogP contribution in [0.2, 0.25) is 0 Å². The normalized spacial score (nSPS) is 15.5. The van der Waals surface area contributed by atoms with Crippen LogP contribution in [-0.4, -0.2) is 60.5 Å². The summed E-state index contributed by atoms with van der Waals surface area (Å²) in [6.07, 6.45) is 0.0581. The van der Waals surface area contributed by atoms with Crippen molar-refractivity contribution in [3.8, 4) is 5.75 Å². The molecule has 1 fully saturated rings. The highest BCUT2D eigenvalue weighted by atomic mass is 32.2. The zero-order chi connectivity index (χ0) is 21.8. The lowest BCUT2D eigenvalue weighted by Crippen LogP contribution is -2.40. The molecule has 9 nitrogen and oxygen atoms in total. The molecule has 0 amide bonds. The Bertz CT molecular complexity index is 1090. The first-order valence-electron chi connectivity index (χ1n) is 9.00. The molecular formula is C19H21NO8S2. The molecule has 3 rings (SSSR count). The van der Waals surface area contributed by atoms with Gasteiger partial charge in [-0.3, -0.25) is 4.79 Å². The predicted octanol–water partition coefficient (Wildman–Crippen LogP) is 1.19. The molecule has 0 spiro atoms. The summed E-state index contributed by atoms with van der Waals surface area (Å²) in [6.45, 7) is 1.13. The van der Waals surface area contributed by atoms with Crippen molar-refractivity contribution >= 4 is 26.1 Å². The van der Waals surface area contributed by atoms with Crippen LogP contribution in [-0.2, 0) is 40.8 Å². The summed E-state index contributed by atoms with van der Waals surface area (Å²) in [7, 11) is -6.60. The van der Waals surface area contributed by atoms with Crippen LogP contribution < -0.4 is 4.18 Å². The predicted molar refractivity (Wildman–Crippen MR) is 106 cm³/mol. The molecular weight excluding hydrogens is 434 g/mol. The first-order valence-corrected chi connectivity index (χ1v) is 11.9. The quantitative estimate of drug-likeness (QED) is 0.452. The maximum absolute atomic E-state index is 12.6. The molecule has 0 radical (unpaired) electrons. The van der Waals surface area contributed by atoms with Crippen LogP contribution in [0.1, 0.15) is 5.56 Å². The largest absolute Gasteiger partial charge is 0.469 e. The summed E-state index contributed by atoms with van der Waals surface area (Å²) >= 11 is 0. The Morgan fingerprint density at radius 3 is 2.07 bits per heavy atom. The van der Waals surface area contributed by atoms with Crippen LogP contribution in [0.4, 0.5) is 0 Å². The van der Waals surface area contributed by atoms with E-state index in [2.05, 4.69) is 4.74 Å². The molecule has 0 aromatic heterocycles. The van der Waals surface area contributed by atoms with Gasteiger partial charge < -0.3 is 13.7 Å². The van der Waals surface area contributed by atoms with Gasteiger partial charge in [0.15, 0.2) is 0 Å². The summed E-state index contributed by atoms with van der Waals surface area (Å²) in [5.41, 5.74) is 0.643. The molecule has 2 aromatic carbocycles. The van der Waals surface area contributed by atoms with Crippen molar-refractivity contribution in [2.75, 3.05) is 33.4 Å². The van der Waals surface area contributed by atoms with E-state index in [0.29, 0.717) is 18.8 Å². The van der Waals surface area contributed by atoms with Crippen LogP contribution >= 0.6 is 0 Å². The number of benzene rings is 2. The number of carbonyl (C=O) groups is 1. The van der Waals surface area contributed by atoms with E-state index < -0.39 is 26.1 Å². The Hall–Kier alpha value is -2.47. The highest BCUT2D eigenvalue weighted by Crippen LogP contribution is 2.23. The van der Waals surface area contributed by atoms with E-state index in [1.165, 1.54) is 47.8 Å². The zero-order valence-electron chi connectivity index (χ0n) is 16.2. The topological polar surface area (TPSA) is 116 Å². The number of methoxy groups -OCH3 is 1. The van der Waals surface area contributed by atoms with Gasteiger partial charge in [0.05, 0.1) is 31.6 Å². The van der Waals surface area contributed by atoms with Crippen LogP contribution in [0, 0.1) is 0 Å². The summed E-state index contributed by atoms with van der Waals surface area (Å²) in [4.78, 5) is 11.1. The summed E-state index contributed by atoms with van der Waals surface area (Å²) in [6, 6.07) is 10.8. The number of nitrogens with zero attached hydrogens (tertiary/aromatic N) is 1. The standard InChI is InChI=1S/C19H21NO8S2/c1-26-19(21)14-15-2-4-16(5-3-15)28-30(24,25)18-8-6-17(7-9-18)29(22,23)20-10-12-27-13-11-20/h2-9H,10-14H2,1H3. The van der Waals surface area contributed by atoms with Crippen LogP contribution in [0.25, 0.3) is 0 Å². The molecule has 1 heterocycles. The van der Waals surface area contributed by atoms with E-state index in [9.17, 15) is 21.6 Å². The highest BCUT2D eigenvalue weighted by molar-refractivity contribution is 7.89. The number of hydrogen-bond donors (Lipinski definition) is 0. The van der Waals surface area contributed by atoms with E-state index in [1.54, 1.807) is 12.1 Å². The maximum atomic E-state index is 12.6. The fourth-order valence-electron chi connectivity index (χ4n) is 2.79. The third-order valence-electron chi connectivity index (χ3n) is 4.43. The lowest BCUT2D eigenvalue weighted by Gasteiger charge is -2.26. The molecule has 1 aliphatic rings. The first kappa shape index (κ1) is 22.2. The van der Waals surface area contributed by atoms with Gasteiger partial charge in [0, 0.05) is 13.1 Å². The zero-order valence-corrected chi connectivity index (χ0v) is 17.8. The SMILES string of the molecule is COC(=O)Cc1ccc(OS(=O)(=O)c2ccc(S(=O)(=O)N3CCOCC3)cc2)cc1. The summed E-state index contributed by atoms with van der Waals surface area (Å²) < 4.78 is 66.4. The van der Waals surface area contributed by atoms with Gasteiger partial charge in [0.25, 0.3) is 0 Å². The Labute approximate surface area is 175 Å². The smallest absolute Gasteiger partial charge is 0.339 e. The second-order valence-electron chi connectivity index (χ2n) is 6.42. The van der Waals surface area contributed by atoms with Crippen molar-refractivity contribution in [1.82, 2.24) is 4.31 Å². The monoisotopic (exact) mass is 455 g/mol. The van der Waals surface area contributed by atoms with Gasteiger partial charge in [-0.1, -0.05) is 12.1 Å². The molecule has 11 heteroatoms. The van der Waals surface area contributed by atoms with Crippen LogP contribution in [0.3, 0.4) is 0 Å². The lowest BCUT2D eigenvalue weighted by molar-refractivity contribution is -0.139. The average molecular weight is 456 g/mol. The summed E-state index contributed by atoms with van der Waals surface area (Å²) in [5, 5.41) is 0. The van der Waals surface area contributed by atoms with Gasteiger partial charge in [0.2, 0.25) is 10.0 Å². The van der Waals surface area contributed by atoms with Gasteiger partial charge in [-0.15, -0.1) is 0 Å². The van der Waals surface area contributed by atoms with Crippen molar-refractivity contribution in [2.24, 2.45) is 0 Å². The second kappa shape index (κ2) is 9.13. The fourth-order valence-corrected chi connectivity index (χ4v) is 5.13. The third-order valence-corrected chi connectivity index (χ3v) is 7.60. The van der Waals surface area contributed by atoms with Gasteiger partial charge in [-0.05, 0) is 42.0 Å². The minimum absolute atomic E-state index is 0.00415. The molecule has 0 saturated carbocycles. The minimum Gasteiger partial charge on any atom is -0.469 e. The number of ether oxygens (including phenoxy) is 2. The molecule has 0 unspecified atom stereocenters. The van der Waals surface area contributed by atoms with Crippen molar-refractivity contribution in [2.45, 2.75) is 16.2 Å². The third kappa shape index (κ3) is 5.17. The molecule has 0 atom stereocenters. The van der Waals surface area contributed by atoms with E-state index in [1.807, 2.05) is 0 Å². The second-order valence-corrected chi connectivity index (χ2v) is 9.91. The van der Waals surface area contributed by atoms with E-state index >= 15 is 0 Å². The molecule has 0 N–H and O–H groups in total.